The highest BCUT2D eigenvalue weighted by atomic mass is 16.5. The Bertz CT molecular complexity index is 324. The fourth-order valence-corrected chi connectivity index (χ4v) is 1.74. The van der Waals surface area contributed by atoms with E-state index in [-0.39, 0.29) is 6.10 Å². The maximum Gasteiger partial charge on any atom is 0.119 e. The predicted octanol–water partition coefficient (Wildman–Crippen LogP) is 2.94. The highest BCUT2D eigenvalue weighted by Crippen LogP contribution is 2.21. The Hall–Kier alpha value is -1.06. The van der Waals surface area contributed by atoms with Gasteiger partial charge in [0.05, 0.1) is 0 Å². The lowest BCUT2D eigenvalue weighted by Crippen LogP contribution is -2.30. The molecule has 3 nitrogen and oxygen atoms in total. The van der Waals surface area contributed by atoms with Gasteiger partial charge in [0.15, 0.2) is 0 Å². The lowest BCUT2D eigenvalue weighted by Gasteiger charge is -2.16. The third-order valence-electron chi connectivity index (χ3n) is 3.16. The molecule has 2 N–H and O–H groups in total. The Morgan fingerprint density at radius 3 is 2.33 bits per heavy atom. The van der Waals surface area contributed by atoms with Crippen LogP contribution in [0.3, 0.4) is 0 Å². The summed E-state index contributed by atoms with van der Waals surface area (Å²) >= 11 is 0. The van der Waals surface area contributed by atoms with Crippen LogP contribution in [0.25, 0.3) is 0 Å². The van der Waals surface area contributed by atoms with Crippen LogP contribution in [0.15, 0.2) is 24.3 Å². The van der Waals surface area contributed by atoms with Gasteiger partial charge in [-0.05, 0) is 37.0 Å². The van der Waals surface area contributed by atoms with Crippen molar-refractivity contribution in [3.63, 3.8) is 0 Å². The fourth-order valence-electron chi connectivity index (χ4n) is 1.74. The molecule has 1 aromatic carbocycles. The Morgan fingerprint density at radius 1 is 1.17 bits per heavy atom. The SMILES string of the molecule is CCOC(CN)COc1ccc(C(C)CC)cc1. The van der Waals surface area contributed by atoms with Crippen molar-refractivity contribution < 1.29 is 9.47 Å². The van der Waals surface area contributed by atoms with Crippen molar-refractivity contribution in [3.8, 4) is 5.75 Å². The summed E-state index contributed by atoms with van der Waals surface area (Å²) in [6, 6.07) is 8.28. The van der Waals surface area contributed by atoms with Crippen LogP contribution in [-0.4, -0.2) is 25.9 Å². The summed E-state index contributed by atoms with van der Waals surface area (Å²) in [5.74, 6) is 1.47. The summed E-state index contributed by atoms with van der Waals surface area (Å²) in [6.45, 7) is 8.05. The molecule has 2 atom stereocenters. The molecule has 0 spiro atoms. The standard InChI is InChI=1S/C15H25NO2/c1-4-12(3)13-6-8-14(9-7-13)18-11-15(10-16)17-5-2/h6-9,12,15H,4-5,10-11,16H2,1-3H3. The van der Waals surface area contributed by atoms with Gasteiger partial charge in [-0.3, -0.25) is 0 Å². The second kappa shape index (κ2) is 8.11. The van der Waals surface area contributed by atoms with E-state index in [1.165, 1.54) is 5.56 Å². The average Bonchev–Trinajstić information content (AvgIpc) is 2.43. The van der Waals surface area contributed by atoms with Crippen LogP contribution >= 0.6 is 0 Å². The van der Waals surface area contributed by atoms with Crippen LogP contribution in [-0.2, 0) is 4.74 Å². The molecule has 0 saturated heterocycles. The highest BCUT2D eigenvalue weighted by Gasteiger charge is 2.07. The molecule has 0 aliphatic rings. The Balaban J connectivity index is 2.48. The summed E-state index contributed by atoms with van der Waals surface area (Å²) in [6.07, 6.45) is 1.13. The van der Waals surface area contributed by atoms with Crippen LogP contribution in [0.4, 0.5) is 0 Å². The minimum Gasteiger partial charge on any atom is -0.491 e. The number of ether oxygens (including phenoxy) is 2. The van der Waals surface area contributed by atoms with E-state index in [1.807, 2.05) is 19.1 Å². The zero-order chi connectivity index (χ0) is 13.4. The van der Waals surface area contributed by atoms with E-state index in [1.54, 1.807) is 0 Å². The molecule has 0 radical (unpaired) electrons. The van der Waals surface area contributed by atoms with E-state index < -0.39 is 0 Å². The average molecular weight is 251 g/mol. The Morgan fingerprint density at radius 2 is 1.83 bits per heavy atom. The van der Waals surface area contributed by atoms with Gasteiger partial charge in [-0.2, -0.15) is 0 Å². The zero-order valence-electron chi connectivity index (χ0n) is 11.7. The topological polar surface area (TPSA) is 44.5 Å². The van der Waals surface area contributed by atoms with E-state index in [0.717, 1.165) is 12.2 Å². The second-order valence-corrected chi connectivity index (χ2v) is 4.50. The number of benzene rings is 1. The van der Waals surface area contributed by atoms with Crippen LogP contribution < -0.4 is 10.5 Å². The van der Waals surface area contributed by atoms with Crippen molar-refractivity contribution in [1.29, 1.82) is 0 Å². The molecule has 102 valence electrons. The zero-order valence-corrected chi connectivity index (χ0v) is 11.7. The first kappa shape index (κ1) is 15.0. The largest absolute Gasteiger partial charge is 0.491 e. The lowest BCUT2D eigenvalue weighted by molar-refractivity contribution is 0.0337. The van der Waals surface area contributed by atoms with Gasteiger partial charge in [-0.25, -0.2) is 0 Å². The van der Waals surface area contributed by atoms with Gasteiger partial charge < -0.3 is 15.2 Å². The molecule has 2 unspecified atom stereocenters. The van der Waals surface area contributed by atoms with Crippen molar-refractivity contribution >= 4 is 0 Å². The quantitative estimate of drug-likeness (QED) is 0.772. The van der Waals surface area contributed by atoms with Crippen molar-refractivity contribution in [2.45, 2.75) is 39.2 Å². The maximum absolute atomic E-state index is 5.67. The van der Waals surface area contributed by atoms with Gasteiger partial charge in [0.2, 0.25) is 0 Å². The molecule has 0 bridgehead atoms. The van der Waals surface area contributed by atoms with E-state index in [9.17, 15) is 0 Å². The minimum atomic E-state index is -0.0239. The monoisotopic (exact) mass is 251 g/mol. The highest BCUT2D eigenvalue weighted by molar-refractivity contribution is 5.29. The molecule has 3 heteroatoms. The number of hydrogen-bond donors (Lipinski definition) is 1. The van der Waals surface area contributed by atoms with Crippen molar-refractivity contribution in [1.82, 2.24) is 0 Å². The predicted molar refractivity (Wildman–Crippen MR) is 75.1 cm³/mol. The first-order valence-electron chi connectivity index (χ1n) is 6.75. The third-order valence-corrected chi connectivity index (χ3v) is 3.16. The molecule has 0 aliphatic carbocycles. The maximum atomic E-state index is 5.67. The molecule has 0 fully saturated rings. The van der Waals surface area contributed by atoms with Gasteiger partial charge in [-0.1, -0.05) is 26.0 Å². The molecule has 1 aromatic rings. The van der Waals surface area contributed by atoms with Crippen LogP contribution in [0.2, 0.25) is 0 Å². The lowest BCUT2D eigenvalue weighted by atomic mass is 9.99. The Labute approximate surface area is 110 Å². The van der Waals surface area contributed by atoms with Gasteiger partial charge in [0.1, 0.15) is 18.5 Å². The second-order valence-electron chi connectivity index (χ2n) is 4.50. The van der Waals surface area contributed by atoms with E-state index in [2.05, 4.69) is 26.0 Å². The van der Waals surface area contributed by atoms with Gasteiger partial charge >= 0.3 is 0 Å². The molecule has 0 amide bonds. The summed E-state index contributed by atoms with van der Waals surface area (Å²) in [5.41, 5.74) is 6.95. The number of nitrogens with two attached hydrogens (primary N) is 1. The van der Waals surface area contributed by atoms with Gasteiger partial charge in [0, 0.05) is 13.2 Å². The van der Waals surface area contributed by atoms with E-state index in [0.29, 0.717) is 25.7 Å². The molecule has 0 saturated carbocycles. The Kier molecular flexibility index (Phi) is 6.76. The summed E-state index contributed by atoms with van der Waals surface area (Å²) in [5, 5.41) is 0. The first-order chi connectivity index (χ1) is 8.71. The number of rotatable bonds is 8. The summed E-state index contributed by atoms with van der Waals surface area (Å²) < 4.78 is 11.1. The van der Waals surface area contributed by atoms with Gasteiger partial charge in [-0.15, -0.1) is 0 Å². The summed E-state index contributed by atoms with van der Waals surface area (Å²) in [4.78, 5) is 0. The smallest absolute Gasteiger partial charge is 0.119 e. The molecule has 0 heterocycles. The molecular formula is C15H25NO2. The first-order valence-corrected chi connectivity index (χ1v) is 6.75. The van der Waals surface area contributed by atoms with Crippen LogP contribution in [0, 0.1) is 0 Å². The fraction of sp³-hybridized carbons (Fsp3) is 0.600. The molecule has 0 aromatic heterocycles. The molecule has 0 aliphatic heterocycles. The van der Waals surface area contributed by atoms with Crippen molar-refractivity contribution in [2.75, 3.05) is 19.8 Å². The van der Waals surface area contributed by atoms with Crippen LogP contribution in [0.1, 0.15) is 38.7 Å². The van der Waals surface area contributed by atoms with E-state index >= 15 is 0 Å². The third kappa shape index (κ3) is 4.67. The normalized spacial score (nSPS) is 14.2. The van der Waals surface area contributed by atoms with Crippen molar-refractivity contribution in [2.24, 2.45) is 5.73 Å². The number of hydrogen-bond acceptors (Lipinski definition) is 3. The van der Waals surface area contributed by atoms with E-state index in [4.69, 9.17) is 15.2 Å². The van der Waals surface area contributed by atoms with Gasteiger partial charge in [0.25, 0.3) is 0 Å². The minimum absolute atomic E-state index is 0.0239. The molecule has 1 rings (SSSR count). The van der Waals surface area contributed by atoms with Crippen molar-refractivity contribution in [3.05, 3.63) is 29.8 Å². The molecule has 18 heavy (non-hydrogen) atoms. The van der Waals surface area contributed by atoms with Crippen LogP contribution in [0.5, 0.6) is 5.75 Å². The summed E-state index contributed by atoms with van der Waals surface area (Å²) in [7, 11) is 0. The molecular weight excluding hydrogens is 226 g/mol.